The van der Waals surface area contributed by atoms with E-state index < -0.39 is 0 Å². The average Bonchev–Trinajstić information content (AvgIpc) is 2.98. The van der Waals surface area contributed by atoms with Crippen molar-refractivity contribution < 1.29 is 13.9 Å². The van der Waals surface area contributed by atoms with Crippen LogP contribution in [-0.4, -0.2) is 19.6 Å². The van der Waals surface area contributed by atoms with Gasteiger partial charge >= 0.3 is 0 Å². The maximum atomic E-state index is 13.6. The molecule has 0 bridgehead atoms. The minimum atomic E-state index is -0.280. The highest BCUT2D eigenvalue weighted by Crippen LogP contribution is 2.42. The highest BCUT2D eigenvalue weighted by Gasteiger charge is 2.36. The second-order valence-corrected chi connectivity index (χ2v) is 3.92. The molecule has 3 nitrogen and oxygen atoms in total. The fraction of sp³-hybridized carbons (Fsp3) is 0.364. The second kappa shape index (κ2) is 2.79. The summed E-state index contributed by atoms with van der Waals surface area (Å²) in [5, 5.41) is 0. The monoisotopic (exact) mass is 207 g/mol. The molecule has 1 saturated heterocycles. The molecule has 2 heterocycles. The number of fused-ring (bicyclic) bond motifs is 1. The van der Waals surface area contributed by atoms with E-state index in [1.54, 1.807) is 13.1 Å². The number of rotatable bonds is 1. The number of anilines is 1. The Morgan fingerprint density at radius 2 is 2.27 bits per heavy atom. The van der Waals surface area contributed by atoms with Crippen LogP contribution in [0.3, 0.4) is 0 Å². The first-order valence-corrected chi connectivity index (χ1v) is 4.88. The van der Waals surface area contributed by atoms with Gasteiger partial charge in [0, 0.05) is 12.6 Å². The van der Waals surface area contributed by atoms with E-state index in [1.807, 2.05) is 0 Å². The van der Waals surface area contributed by atoms with Crippen molar-refractivity contribution in [3.8, 4) is 0 Å². The Hall–Kier alpha value is -1.42. The van der Waals surface area contributed by atoms with Crippen LogP contribution in [0.1, 0.15) is 17.2 Å². The number of nitrogens with zero attached hydrogens (tertiary/aromatic N) is 1. The lowest BCUT2D eigenvalue weighted by molar-refractivity contribution is -0.117. The van der Waals surface area contributed by atoms with Gasteiger partial charge in [-0.3, -0.25) is 4.79 Å². The summed E-state index contributed by atoms with van der Waals surface area (Å²) in [4.78, 5) is 13.0. The van der Waals surface area contributed by atoms with Crippen LogP contribution in [0.25, 0.3) is 0 Å². The number of hydrogen-bond acceptors (Lipinski definition) is 2. The van der Waals surface area contributed by atoms with Crippen LogP contribution in [0.4, 0.5) is 10.1 Å². The fourth-order valence-corrected chi connectivity index (χ4v) is 2.09. The summed E-state index contributed by atoms with van der Waals surface area (Å²) < 4.78 is 18.7. The third-order valence-electron chi connectivity index (χ3n) is 2.95. The Bertz CT molecular complexity index is 454. The van der Waals surface area contributed by atoms with Crippen molar-refractivity contribution in [2.45, 2.75) is 12.5 Å². The van der Waals surface area contributed by atoms with Crippen molar-refractivity contribution in [1.82, 2.24) is 0 Å². The first kappa shape index (κ1) is 8.85. The zero-order chi connectivity index (χ0) is 10.6. The number of amides is 1. The summed E-state index contributed by atoms with van der Waals surface area (Å²) in [5.41, 5.74) is 2.15. The van der Waals surface area contributed by atoms with Gasteiger partial charge in [-0.2, -0.15) is 0 Å². The van der Waals surface area contributed by atoms with Gasteiger partial charge < -0.3 is 9.64 Å². The van der Waals surface area contributed by atoms with Gasteiger partial charge in [0.2, 0.25) is 5.91 Å². The predicted molar refractivity (Wildman–Crippen MR) is 52.2 cm³/mol. The maximum Gasteiger partial charge on any atom is 0.231 e. The van der Waals surface area contributed by atoms with Crippen molar-refractivity contribution in [2.24, 2.45) is 0 Å². The van der Waals surface area contributed by atoms with Crippen molar-refractivity contribution in [1.29, 1.82) is 0 Å². The van der Waals surface area contributed by atoms with Crippen LogP contribution in [0, 0.1) is 5.82 Å². The molecule has 0 radical (unpaired) electrons. The predicted octanol–water partition coefficient (Wildman–Crippen LogP) is 1.42. The molecule has 0 saturated carbocycles. The highest BCUT2D eigenvalue weighted by atomic mass is 19.1. The Morgan fingerprint density at radius 1 is 1.53 bits per heavy atom. The number of halogens is 1. The van der Waals surface area contributed by atoms with Crippen LogP contribution in [-0.2, 0) is 16.0 Å². The average molecular weight is 207 g/mol. The summed E-state index contributed by atoms with van der Waals surface area (Å²) in [7, 11) is 1.68. The minimum Gasteiger partial charge on any atom is -0.368 e. The first-order valence-electron chi connectivity index (χ1n) is 4.88. The lowest BCUT2D eigenvalue weighted by Gasteiger charge is -2.14. The van der Waals surface area contributed by atoms with Gasteiger partial charge in [0.1, 0.15) is 11.9 Å². The Labute approximate surface area is 86.4 Å². The lowest BCUT2D eigenvalue weighted by Crippen LogP contribution is -2.21. The SMILES string of the molecule is CN1C(=O)Cc2ccc(F)c(C3CO3)c21. The number of epoxide rings is 1. The van der Waals surface area contributed by atoms with Crippen LogP contribution in [0.2, 0.25) is 0 Å². The van der Waals surface area contributed by atoms with E-state index in [-0.39, 0.29) is 17.8 Å². The third kappa shape index (κ3) is 1.18. The molecule has 0 aromatic heterocycles. The third-order valence-corrected chi connectivity index (χ3v) is 2.95. The van der Waals surface area contributed by atoms with Crippen LogP contribution >= 0.6 is 0 Å². The van der Waals surface area contributed by atoms with Gasteiger partial charge in [-0.1, -0.05) is 6.07 Å². The van der Waals surface area contributed by atoms with Crippen LogP contribution in [0.5, 0.6) is 0 Å². The van der Waals surface area contributed by atoms with Crippen molar-refractivity contribution in [3.05, 3.63) is 29.1 Å². The molecule has 4 heteroatoms. The number of ether oxygens (including phenoxy) is 1. The molecule has 1 fully saturated rings. The molecule has 2 aliphatic rings. The van der Waals surface area contributed by atoms with E-state index >= 15 is 0 Å². The highest BCUT2D eigenvalue weighted by molar-refractivity contribution is 6.02. The van der Waals surface area contributed by atoms with Gasteiger partial charge in [-0.25, -0.2) is 4.39 Å². The number of benzene rings is 1. The lowest BCUT2D eigenvalue weighted by atomic mass is 10.0. The molecule has 1 aromatic rings. The molecule has 1 atom stereocenters. The Balaban J connectivity index is 2.21. The summed E-state index contributed by atoms with van der Waals surface area (Å²) in [5.74, 6) is -0.268. The molecule has 1 amide bonds. The zero-order valence-electron chi connectivity index (χ0n) is 8.29. The molecule has 0 aliphatic carbocycles. The Morgan fingerprint density at radius 3 is 2.93 bits per heavy atom. The van der Waals surface area contributed by atoms with Gasteiger partial charge in [-0.15, -0.1) is 0 Å². The summed E-state index contributed by atoms with van der Waals surface area (Å²) in [6.07, 6.45) is 0.208. The smallest absolute Gasteiger partial charge is 0.231 e. The zero-order valence-corrected chi connectivity index (χ0v) is 8.29. The molecule has 0 N–H and O–H groups in total. The van der Waals surface area contributed by atoms with E-state index in [4.69, 9.17) is 4.74 Å². The van der Waals surface area contributed by atoms with Crippen LogP contribution in [0.15, 0.2) is 12.1 Å². The number of carbonyl (C=O) groups excluding carboxylic acids is 1. The number of carbonyl (C=O) groups is 1. The number of hydrogen-bond donors (Lipinski definition) is 0. The van der Waals surface area contributed by atoms with Gasteiger partial charge in [-0.05, 0) is 11.6 Å². The van der Waals surface area contributed by atoms with E-state index in [1.165, 1.54) is 11.0 Å². The van der Waals surface area contributed by atoms with E-state index in [0.717, 1.165) is 5.56 Å². The molecule has 2 aliphatic heterocycles. The number of likely N-dealkylation sites (N-methyl/N-ethyl adjacent to an activating group) is 1. The van der Waals surface area contributed by atoms with Crippen molar-refractivity contribution in [3.63, 3.8) is 0 Å². The minimum absolute atomic E-state index is 0.0116. The quantitative estimate of drug-likeness (QED) is 0.652. The molecule has 0 spiro atoms. The van der Waals surface area contributed by atoms with Gasteiger partial charge in [0.25, 0.3) is 0 Å². The molecular weight excluding hydrogens is 197 g/mol. The van der Waals surface area contributed by atoms with E-state index in [9.17, 15) is 9.18 Å². The van der Waals surface area contributed by atoms with Gasteiger partial charge in [0.15, 0.2) is 0 Å². The summed E-state index contributed by atoms with van der Waals surface area (Å²) in [6.45, 7) is 0.551. The molecule has 3 rings (SSSR count). The molecule has 15 heavy (non-hydrogen) atoms. The standard InChI is InChI=1S/C11H10FNO2/c1-13-9(14)4-6-2-3-7(12)10(11(6)13)8-5-15-8/h2-3,8H,4-5H2,1H3. The Kier molecular flexibility index (Phi) is 1.65. The summed E-state index contributed by atoms with van der Waals surface area (Å²) in [6, 6.07) is 3.10. The maximum absolute atomic E-state index is 13.6. The molecular formula is C11H10FNO2. The van der Waals surface area contributed by atoms with Crippen LogP contribution < -0.4 is 4.90 Å². The first-order chi connectivity index (χ1) is 7.18. The van der Waals surface area contributed by atoms with E-state index in [0.29, 0.717) is 24.3 Å². The van der Waals surface area contributed by atoms with Gasteiger partial charge in [0.05, 0.1) is 18.7 Å². The molecule has 78 valence electrons. The second-order valence-electron chi connectivity index (χ2n) is 3.92. The fourth-order valence-electron chi connectivity index (χ4n) is 2.09. The largest absolute Gasteiger partial charge is 0.368 e. The normalized spacial score (nSPS) is 23.2. The van der Waals surface area contributed by atoms with Crippen molar-refractivity contribution >= 4 is 11.6 Å². The van der Waals surface area contributed by atoms with E-state index in [2.05, 4.69) is 0 Å². The summed E-state index contributed by atoms with van der Waals surface area (Å²) >= 11 is 0. The molecule has 1 aromatic carbocycles. The topological polar surface area (TPSA) is 32.8 Å². The van der Waals surface area contributed by atoms with Crippen molar-refractivity contribution in [2.75, 3.05) is 18.6 Å². The molecule has 1 unspecified atom stereocenters.